The molecule has 2 aromatic heterocycles. The van der Waals surface area contributed by atoms with Crippen LogP contribution in [0.15, 0.2) is 47.5 Å². The van der Waals surface area contributed by atoms with Gasteiger partial charge >= 0.3 is 0 Å². The molecule has 11 heteroatoms. The van der Waals surface area contributed by atoms with Crippen molar-refractivity contribution in [3.8, 4) is 0 Å². The van der Waals surface area contributed by atoms with E-state index in [9.17, 15) is 9.59 Å². The second-order valence-electron chi connectivity index (χ2n) is 6.16. The molecular formula is C19H19ClN6O2S2. The molecule has 3 rings (SSSR count). The molecule has 8 nitrogen and oxygen atoms in total. The van der Waals surface area contributed by atoms with Crippen molar-refractivity contribution >= 4 is 57.3 Å². The number of allylic oxidation sites excluding steroid dienone is 1. The molecule has 3 aromatic rings. The van der Waals surface area contributed by atoms with Crippen molar-refractivity contribution in [3.05, 3.63) is 58.8 Å². The molecule has 0 saturated carbocycles. The summed E-state index contributed by atoms with van der Waals surface area (Å²) in [5.41, 5.74) is 1.50. The molecule has 0 aliphatic heterocycles. The number of halogens is 1. The number of hydrogen-bond acceptors (Lipinski definition) is 7. The Balaban J connectivity index is 1.60. The van der Waals surface area contributed by atoms with Crippen molar-refractivity contribution in [2.45, 2.75) is 25.0 Å². The summed E-state index contributed by atoms with van der Waals surface area (Å²) in [7, 11) is 0. The zero-order chi connectivity index (χ0) is 21.5. The van der Waals surface area contributed by atoms with Gasteiger partial charge < -0.3 is 15.2 Å². The lowest BCUT2D eigenvalue weighted by atomic mass is 10.3. The van der Waals surface area contributed by atoms with E-state index in [1.54, 1.807) is 34.9 Å². The highest BCUT2D eigenvalue weighted by Crippen LogP contribution is 2.20. The van der Waals surface area contributed by atoms with Crippen LogP contribution in [0.2, 0.25) is 5.02 Å². The zero-order valence-electron chi connectivity index (χ0n) is 16.1. The third-order valence-corrected chi connectivity index (χ3v) is 5.84. The molecule has 0 aliphatic rings. The number of thiazole rings is 1. The zero-order valence-corrected chi connectivity index (χ0v) is 18.5. The number of carbonyl (C=O) groups excluding carboxylic acids is 2. The first-order chi connectivity index (χ1) is 14.4. The van der Waals surface area contributed by atoms with Gasteiger partial charge in [0, 0.05) is 22.6 Å². The maximum Gasteiger partial charge on any atom is 0.236 e. The topological polar surface area (TPSA) is 102 Å². The van der Waals surface area contributed by atoms with Crippen molar-refractivity contribution in [1.82, 2.24) is 19.7 Å². The van der Waals surface area contributed by atoms with Gasteiger partial charge in [0.05, 0.1) is 17.9 Å². The van der Waals surface area contributed by atoms with Gasteiger partial charge in [-0.2, -0.15) is 0 Å². The van der Waals surface area contributed by atoms with Gasteiger partial charge in [-0.3, -0.25) is 9.59 Å². The lowest BCUT2D eigenvalue weighted by Crippen LogP contribution is -2.18. The molecule has 1 aromatic carbocycles. The number of aromatic nitrogens is 4. The highest BCUT2D eigenvalue weighted by molar-refractivity contribution is 7.99. The van der Waals surface area contributed by atoms with Gasteiger partial charge in [0.25, 0.3) is 0 Å². The normalized spacial score (nSPS) is 10.6. The van der Waals surface area contributed by atoms with Crippen LogP contribution in [-0.2, 0) is 22.6 Å². The van der Waals surface area contributed by atoms with Gasteiger partial charge in [-0.25, -0.2) is 4.98 Å². The largest absolute Gasteiger partial charge is 0.326 e. The number of rotatable bonds is 9. The van der Waals surface area contributed by atoms with Crippen LogP contribution in [0.4, 0.5) is 10.8 Å². The fourth-order valence-corrected chi connectivity index (χ4v) is 4.04. The van der Waals surface area contributed by atoms with E-state index in [4.69, 9.17) is 11.6 Å². The number of anilines is 2. The first kappa shape index (κ1) is 22.0. The van der Waals surface area contributed by atoms with Crippen LogP contribution in [0, 0.1) is 6.92 Å². The van der Waals surface area contributed by atoms with Gasteiger partial charge in [0.15, 0.2) is 10.3 Å². The summed E-state index contributed by atoms with van der Waals surface area (Å²) in [6.07, 6.45) is 1.72. The maximum atomic E-state index is 12.4. The molecule has 0 radical (unpaired) electrons. The molecule has 0 spiro atoms. The van der Waals surface area contributed by atoms with Crippen LogP contribution in [0.25, 0.3) is 0 Å². The Bertz CT molecular complexity index is 1050. The summed E-state index contributed by atoms with van der Waals surface area (Å²) in [5, 5.41) is 17.3. The molecule has 2 N–H and O–H groups in total. The standard InChI is InChI=1S/C19H19ClN6O2S2/c1-3-8-26-15(9-16(27)22-14-6-4-13(20)5-7-14)24-25-19(26)30-11-17(28)23-18-21-12(2)10-29-18/h3-7,10H,1,8-9,11H2,2H3,(H,22,27)(H,21,23,28). The van der Waals surface area contributed by atoms with E-state index in [0.29, 0.717) is 33.4 Å². The molecule has 0 saturated heterocycles. The monoisotopic (exact) mass is 462 g/mol. The number of hydrogen-bond donors (Lipinski definition) is 2. The minimum Gasteiger partial charge on any atom is -0.326 e. The van der Waals surface area contributed by atoms with Crippen molar-refractivity contribution < 1.29 is 9.59 Å². The third-order valence-electron chi connectivity index (χ3n) is 3.75. The number of amides is 2. The Morgan fingerprint density at radius 3 is 2.67 bits per heavy atom. The lowest BCUT2D eigenvalue weighted by Gasteiger charge is -2.08. The predicted molar refractivity (Wildman–Crippen MR) is 120 cm³/mol. The Morgan fingerprint density at radius 1 is 1.23 bits per heavy atom. The first-order valence-electron chi connectivity index (χ1n) is 8.87. The molecule has 2 amide bonds. The fraction of sp³-hybridized carbons (Fsp3) is 0.211. The maximum absolute atomic E-state index is 12.4. The number of aryl methyl sites for hydroxylation is 1. The molecular weight excluding hydrogens is 444 g/mol. The summed E-state index contributed by atoms with van der Waals surface area (Å²) < 4.78 is 1.76. The van der Waals surface area contributed by atoms with Gasteiger partial charge in [0.2, 0.25) is 11.8 Å². The summed E-state index contributed by atoms with van der Waals surface area (Å²) in [5.74, 6) is 0.207. The van der Waals surface area contributed by atoms with E-state index in [-0.39, 0.29) is 24.0 Å². The van der Waals surface area contributed by atoms with Crippen LogP contribution >= 0.6 is 34.7 Å². The van der Waals surface area contributed by atoms with Crippen molar-refractivity contribution in [1.29, 1.82) is 0 Å². The van der Waals surface area contributed by atoms with Crippen molar-refractivity contribution in [2.24, 2.45) is 0 Å². The van der Waals surface area contributed by atoms with E-state index < -0.39 is 0 Å². The minimum absolute atomic E-state index is 0.0363. The number of benzene rings is 1. The van der Waals surface area contributed by atoms with E-state index in [1.807, 2.05) is 12.3 Å². The summed E-state index contributed by atoms with van der Waals surface area (Å²) in [6, 6.07) is 6.84. The van der Waals surface area contributed by atoms with E-state index in [0.717, 1.165) is 5.69 Å². The molecule has 0 bridgehead atoms. The average Bonchev–Trinajstić information content (AvgIpc) is 3.28. The van der Waals surface area contributed by atoms with Gasteiger partial charge in [-0.05, 0) is 31.2 Å². The van der Waals surface area contributed by atoms with Crippen molar-refractivity contribution in [2.75, 3.05) is 16.4 Å². The lowest BCUT2D eigenvalue weighted by molar-refractivity contribution is -0.116. The second kappa shape index (κ2) is 10.4. The molecule has 0 aliphatic carbocycles. The molecule has 156 valence electrons. The van der Waals surface area contributed by atoms with E-state index in [2.05, 4.69) is 32.4 Å². The fourth-order valence-electron chi connectivity index (χ4n) is 2.45. The van der Waals surface area contributed by atoms with Gasteiger partial charge in [-0.15, -0.1) is 28.1 Å². The van der Waals surface area contributed by atoms with Crippen LogP contribution in [0.1, 0.15) is 11.5 Å². The van der Waals surface area contributed by atoms with Crippen molar-refractivity contribution in [3.63, 3.8) is 0 Å². The second-order valence-corrected chi connectivity index (χ2v) is 8.40. The average molecular weight is 463 g/mol. The SMILES string of the molecule is C=CCn1c(CC(=O)Nc2ccc(Cl)cc2)nnc1SCC(=O)Nc1nc(C)cs1. The molecule has 30 heavy (non-hydrogen) atoms. The quantitative estimate of drug-likeness (QED) is 0.370. The molecule has 0 atom stereocenters. The smallest absolute Gasteiger partial charge is 0.236 e. The number of nitrogens with zero attached hydrogens (tertiary/aromatic N) is 4. The van der Waals surface area contributed by atoms with Gasteiger partial charge in [0.1, 0.15) is 5.82 Å². The number of carbonyl (C=O) groups is 2. The molecule has 0 fully saturated rings. The Hall–Kier alpha value is -2.69. The molecule has 2 heterocycles. The Morgan fingerprint density at radius 2 is 2.00 bits per heavy atom. The van der Waals surface area contributed by atoms with Gasteiger partial charge in [-0.1, -0.05) is 29.4 Å². The van der Waals surface area contributed by atoms with Crippen LogP contribution in [0.3, 0.4) is 0 Å². The highest BCUT2D eigenvalue weighted by atomic mass is 35.5. The Labute approximate surface area is 186 Å². The highest BCUT2D eigenvalue weighted by Gasteiger charge is 2.17. The van der Waals surface area contributed by atoms with Crippen LogP contribution in [-0.4, -0.2) is 37.3 Å². The van der Waals surface area contributed by atoms with Crippen LogP contribution in [0.5, 0.6) is 0 Å². The number of thioether (sulfide) groups is 1. The Kier molecular flexibility index (Phi) is 7.61. The minimum atomic E-state index is -0.233. The molecule has 0 unspecified atom stereocenters. The predicted octanol–water partition coefficient (Wildman–Crippen LogP) is 3.79. The first-order valence-corrected chi connectivity index (χ1v) is 11.1. The summed E-state index contributed by atoms with van der Waals surface area (Å²) in [6.45, 7) is 6.03. The summed E-state index contributed by atoms with van der Waals surface area (Å²) >= 11 is 8.46. The third kappa shape index (κ3) is 6.15. The van der Waals surface area contributed by atoms with E-state index in [1.165, 1.54) is 23.1 Å². The van der Waals surface area contributed by atoms with Crippen LogP contribution < -0.4 is 10.6 Å². The summed E-state index contributed by atoms with van der Waals surface area (Å²) in [4.78, 5) is 28.7. The van der Waals surface area contributed by atoms with E-state index >= 15 is 0 Å². The number of nitrogens with one attached hydrogen (secondary N) is 2.